The summed E-state index contributed by atoms with van der Waals surface area (Å²) in [5.41, 5.74) is 0.739. The molecular weight excluding hydrogens is 262 g/mol. The summed E-state index contributed by atoms with van der Waals surface area (Å²) in [6.45, 7) is 3.08. The molecule has 1 aromatic carbocycles. The number of benzene rings is 1. The first-order chi connectivity index (χ1) is 9.04. The zero-order valence-corrected chi connectivity index (χ0v) is 11.9. The number of hydrogen-bond acceptors (Lipinski definition) is 4. The number of hydrogen-bond donors (Lipinski definition) is 0. The molecule has 1 fully saturated rings. The van der Waals surface area contributed by atoms with Crippen molar-refractivity contribution in [1.82, 2.24) is 0 Å². The van der Waals surface area contributed by atoms with Gasteiger partial charge in [0.2, 0.25) is 0 Å². The number of rotatable bonds is 4. The SMILES string of the molecule is CCCS(=O)(=O)c1ccccc1N1CCC(=O)CC1. The average molecular weight is 281 g/mol. The molecule has 5 heteroatoms. The van der Waals surface area contributed by atoms with Crippen molar-refractivity contribution in [1.29, 1.82) is 0 Å². The average Bonchev–Trinajstić information content (AvgIpc) is 2.39. The molecule has 0 atom stereocenters. The summed E-state index contributed by atoms with van der Waals surface area (Å²) in [7, 11) is -3.23. The Bertz CT molecular complexity index is 556. The van der Waals surface area contributed by atoms with Crippen LogP contribution in [0, 0.1) is 0 Å². The topological polar surface area (TPSA) is 54.5 Å². The number of ketones is 1. The first kappa shape index (κ1) is 14.1. The minimum atomic E-state index is -3.23. The van der Waals surface area contributed by atoms with Crippen molar-refractivity contribution in [3.63, 3.8) is 0 Å². The van der Waals surface area contributed by atoms with Crippen molar-refractivity contribution in [3.05, 3.63) is 24.3 Å². The van der Waals surface area contributed by atoms with Crippen molar-refractivity contribution >= 4 is 21.3 Å². The lowest BCUT2D eigenvalue weighted by molar-refractivity contribution is -0.119. The van der Waals surface area contributed by atoms with Crippen LogP contribution in [0.25, 0.3) is 0 Å². The van der Waals surface area contributed by atoms with E-state index in [1.165, 1.54) is 0 Å². The molecule has 0 radical (unpaired) electrons. The van der Waals surface area contributed by atoms with Gasteiger partial charge >= 0.3 is 0 Å². The molecule has 0 aromatic heterocycles. The van der Waals surface area contributed by atoms with Crippen molar-refractivity contribution in [2.45, 2.75) is 31.1 Å². The molecule has 1 heterocycles. The maximum absolute atomic E-state index is 12.3. The maximum Gasteiger partial charge on any atom is 0.180 e. The molecule has 0 bridgehead atoms. The lowest BCUT2D eigenvalue weighted by Crippen LogP contribution is -2.34. The van der Waals surface area contributed by atoms with Gasteiger partial charge in [0.1, 0.15) is 5.78 Å². The van der Waals surface area contributed by atoms with Crippen LogP contribution in [-0.4, -0.2) is 33.0 Å². The van der Waals surface area contributed by atoms with Crippen molar-refractivity contribution < 1.29 is 13.2 Å². The van der Waals surface area contributed by atoms with Gasteiger partial charge in [-0.1, -0.05) is 19.1 Å². The second kappa shape index (κ2) is 5.74. The summed E-state index contributed by atoms with van der Waals surface area (Å²) in [4.78, 5) is 13.7. The van der Waals surface area contributed by atoms with E-state index in [1.807, 2.05) is 24.0 Å². The fraction of sp³-hybridized carbons (Fsp3) is 0.500. The summed E-state index contributed by atoms with van der Waals surface area (Å²) in [6, 6.07) is 7.09. The third-order valence-electron chi connectivity index (χ3n) is 3.33. The summed E-state index contributed by atoms with van der Waals surface area (Å²) < 4.78 is 24.5. The van der Waals surface area contributed by atoms with Gasteiger partial charge in [0.05, 0.1) is 16.3 Å². The van der Waals surface area contributed by atoms with Gasteiger partial charge in [-0.15, -0.1) is 0 Å². The highest BCUT2D eigenvalue weighted by Gasteiger charge is 2.23. The Kier molecular flexibility index (Phi) is 4.24. The van der Waals surface area contributed by atoms with Gasteiger partial charge in [-0.25, -0.2) is 8.42 Å². The van der Waals surface area contributed by atoms with Gasteiger partial charge in [0.25, 0.3) is 0 Å². The molecule has 2 rings (SSSR count). The molecule has 104 valence electrons. The van der Waals surface area contributed by atoms with Crippen LogP contribution in [0.15, 0.2) is 29.2 Å². The molecule has 0 N–H and O–H groups in total. The van der Waals surface area contributed by atoms with Crippen LogP contribution in [0.3, 0.4) is 0 Å². The molecule has 1 aromatic rings. The molecular formula is C14H19NO3S. The van der Waals surface area contributed by atoms with Crippen molar-refractivity contribution in [3.8, 4) is 0 Å². The number of sulfone groups is 1. The highest BCUT2D eigenvalue weighted by Crippen LogP contribution is 2.28. The first-order valence-electron chi connectivity index (χ1n) is 6.63. The van der Waals surface area contributed by atoms with Crippen LogP contribution in [0.1, 0.15) is 26.2 Å². The number of nitrogens with zero attached hydrogens (tertiary/aromatic N) is 1. The number of carbonyl (C=O) groups is 1. The fourth-order valence-corrected chi connectivity index (χ4v) is 3.92. The Morgan fingerprint density at radius 3 is 2.42 bits per heavy atom. The molecule has 0 saturated carbocycles. The van der Waals surface area contributed by atoms with E-state index in [4.69, 9.17) is 0 Å². The van der Waals surface area contributed by atoms with E-state index in [0.717, 1.165) is 5.69 Å². The zero-order valence-electron chi connectivity index (χ0n) is 11.1. The highest BCUT2D eigenvalue weighted by atomic mass is 32.2. The molecule has 1 aliphatic rings. The lowest BCUT2D eigenvalue weighted by atomic mass is 10.1. The minimum absolute atomic E-state index is 0.163. The largest absolute Gasteiger partial charge is 0.370 e. The van der Waals surface area contributed by atoms with E-state index in [9.17, 15) is 13.2 Å². The van der Waals surface area contributed by atoms with Crippen LogP contribution >= 0.6 is 0 Å². The third kappa shape index (κ3) is 3.15. The van der Waals surface area contributed by atoms with Crippen LogP contribution in [0.5, 0.6) is 0 Å². The second-order valence-electron chi connectivity index (χ2n) is 4.81. The van der Waals surface area contributed by atoms with Crippen molar-refractivity contribution in [2.24, 2.45) is 0 Å². The predicted octanol–water partition coefficient (Wildman–Crippen LogP) is 2.04. The molecule has 1 saturated heterocycles. The molecule has 1 aliphatic heterocycles. The minimum Gasteiger partial charge on any atom is -0.370 e. The Balaban J connectivity index is 2.34. The maximum atomic E-state index is 12.3. The summed E-state index contributed by atoms with van der Waals surface area (Å²) in [5.74, 6) is 0.418. The third-order valence-corrected chi connectivity index (χ3v) is 5.30. The van der Waals surface area contributed by atoms with E-state index in [0.29, 0.717) is 37.2 Å². The van der Waals surface area contributed by atoms with Gasteiger partial charge in [0.15, 0.2) is 9.84 Å². The summed E-state index contributed by atoms with van der Waals surface area (Å²) in [5, 5.41) is 0. The Morgan fingerprint density at radius 1 is 1.16 bits per heavy atom. The zero-order chi connectivity index (χ0) is 13.9. The normalized spacial score (nSPS) is 16.7. The summed E-state index contributed by atoms with van der Waals surface area (Å²) in [6.07, 6.45) is 1.61. The van der Waals surface area contributed by atoms with E-state index in [-0.39, 0.29) is 11.5 Å². The Morgan fingerprint density at radius 2 is 1.79 bits per heavy atom. The standard InChI is InChI=1S/C14H19NO3S/c1-2-11-19(17,18)14-6-4-3-5-13(14)15-9-7-12(16)8-10-15/h3-6H,2,7-11H2,1H3. The molecule has 4 nitrogen and oxygen atoms in total. The Labute approximate surface area is 114 Å². The second-order valence-corrected chi connectivity index (χ2v) is 6.89. The first-order valence-corrected chi connectivity index (χ1v) is 8.28. The van der Waals surface area contributed by atoms with E-state index < -0.39 is 9.84 Å². The molecule has 0 amide bonds. The smallest absolute Gasteiger partial charge is 0.180 e. The number of carbonyl (C=O) groups excluding carboxylic acids is 1. The van der Waals surface area contributed by atoms with Crippen LogP contribution < -0.4 is 4.90 Å². The van der Waals surface area contributed by atoms with E-state index in [1.54, 1.807) is 12.1 Å². The lowest BCUT2D eigenvalue weighted by Gasteiger charge is -2.29. The van der Waals surface area contributed by atoms with Gasteiger partial charge in [-0.05, 0) is 18.6 Å². The fourth-order valence-electron chi connectivity index (χ4n) is 2.36. The molecule has 0 unspecified atom stereocenters. The molecule has 0 spiro atoms. The molecule has 0 aliphatic carbocycles. The quantitative estimate of drug-likeness (QED) is 0.847. The number of para-hydroxylation sites is 1. The van der Waals surface area contributed by atoms with Crippen LogP contribution in [0.4, 0.5) is 5.69 Å². The molecule has 19 heavy (non-hydrogen) atoms. The van der Waals surface area contributed by atoms with Gasteiger partial charge < -0.3 is 4.90 Å². The van der Waals surface area contributed by atoms with Crippen LogP contribution in [-0.2, 0) is 14.6 Å². The number of anilines is 1. The predicted molar refractivity (Wildman–Crippen MR) is 75.2 cm³/mol. The van der Waals surface area contributed by atoms with Gasteiger partial charge in [-0.2, -0.15) is 0 Å². The number of Topliss-reactive ketones (excluding diaryl/α,β-unsaturated/α-hetero) is 1. The van der Waals surface area contributed by atoms with E-state index >= 15 is 0 Å². The number of piperidine rings is 1. The monoisotopic (exact) mass is 281 g/mol. The summed E-state index contributed by atoms with van der Waals surface area (Å²) >= 11 is 0. The van der Waals surface area contributed by atoms with Gasteiger partial charge in [0, 0.05) is 25.9 Å². The van der Waals surface area contributed by atoms with Crippen molar-refractivity contribution in [2.75, 3.05) is 23.7 Å². The van der Waals surface area contributed by atoms with E-state index in [2.05, 4.69) is 0 Å². The highest BCUT2D eigenvalue weighted by molar-refractivity contribution is 7.91. The van der Waals surface area contributed by atoms with Gasteiger partial charge in [-0.3, -0.25) is 4.79 Å². The van der Waals surface area contributed by atoms with Crippen LogP contribution in [0.2, 0.25) is 0 Å². The Hall–Kier alpha value is -1.36.